The van der Waals surface area contributed by atoms with Crippen molar-refractivity contribution in [2.75, 3.05) is 5.73 Å². The highest BCUT2D eigenvalue weighted by Gasteiger charge is 2.09. The smallest absolute Gasteiger partial charge is 0.127 e. The molecule has 0 fully saturated rings. The largest absolute Gasteiger partial charge is 0.398 e. The normalized spacial score (nSPS) is 10.5. The van der Waals surface area contributed by atoms with Gasteiger partial charge in [0.15, 0.2) is 0 Å². The molecule has 0 amide bonds. The van der Waals surface area contributed by atoms with Crippen molar-refractivity contribution in [3.8, 4) is 0 Å². The summed E-state index contributed by atoms with van der Waals surface area (Å²) in [6, 6.07) is 2.90. The van der Waals surface area contributed by atoms with E-state index in [1.807, 2.05) is 13.8 Å². The summed E-state index contributed by atoms with van der Waals surface area (Å²) in [6.07, 6.45) is 1.06. The molecule has 3 N–H and O–H groups in total. The molecule has 0 atom stereocenters. The number of rotatable bonds is 2. The molecule has 0 bridgehead atoms. The van der Waals surface area contributed by atoms with E-state index in [-0.39, 0.29) is 13.2 Å². The van der Waals surface area contributed by atoms with Gasteiger partial charge in [-0.2, -0.15) is 0 Å². The molecule has 3 heteroatoms. The van der Waals surface area contributed by atoms with Gasteiger partial charge in [0, 0.05) is 18.9 Å². The summed E-state index contributed by atoms with van der Waals surface area (Å²) in [4.78, 5) is 0. The Morgan fingerprint density at radius 1 is 1.54 bits per heavy atom. The summed E-state index contributed by atoms with van der Waals surface area (Å²) in [6.45, 7) is 3.81. The van der Waals surface area contributed by atoms with E-state index >= 15 is 0 Å². The average Bonchev–Trinajstić information content (AvgIpc) is 2.07. The van der Waals surface area contributed by atoms with Crippen LogP contribution >= 0.6 is 0 Å². The van der Waals surface area contributed by atoms with Crippen LogP contribution in [0.5, 0.6) is 0 Å². The SMILES string of the molecule is CC(C)c1cc(N)c(C=N)cc1F.[HH]. The van der Waals surface area contributed by atoms with Gasteiger partial charge < -0.3 is 11.1 Å². The fourth-order valence-corrected chi connectivity index (χ4v) is 1.19. The zero-order chi connectivity index (χ0) is 10.0. The molecule has 0 radical (unpaired) electrons. The molecule has 0 aliphatic carbocycles. The first-order valence-corrected chi connectivity index (χ1v) is 4.15. The van der Waals surface area contributed by atoms with Crippen LogP contribution in [0, 0.1) is 11.2 Å². The van der Waals surface area contributed by atoms with E-state index in [2.05, 4.69) is 0 Å². The van der Waals surface area contributed by atoms with Crippen LogP contribution in [0.4, 0.5) is 10.1 Å². The number of benzene rings is 1. The quantitative estimate of drug-likeness (QED) is 0.536. The summed E-state index contributed by atoms with van der Waals surface area (Å²) in [5.41, 5.74) is 7.11. The van der Waals surface area contributed by atoms with E-state index in [4.69, 9.17) is 11.1 Å². The lowest BCUT2D eigenvalue weighted by Crippen LogP contribution is -2.00. The Labute approximate surface area is 78.6 Å². The first-order chi connectivity index (χ1) is 6.06. The highest BCUT2D eigenvalue weighted by molar-refractivity contribution is 5.85. The van der Waals surface area contributed by atoms with Crippen LogP contribution in [-0.4, -0.2) is 6.21 Å². The summed E-state index contributed by atoms with van der Waals surface area (Å²) in [7, 11) is 0. The number of halogens is 1. The van der Waals surface area contributed by atoms with E-state index in [0.717, 1.165) is 6.21 Å². The van der Waals surface area contributed by atoms with E-state index in [9.17, 15) is 4.39 Å². The molecular weight excluding hydrogens is 167 g/mol. The maximum Gasteiger partial charge on any atom is 0.127 e. The Morgan fingerprint density at radius 2 is 2.15 bits per heavy atom. The molecular formula is C10H15FN2. The van der Waals surface area contributed by atoms with Gasteiger partial charge in [0.2, 0.25) is 0 Å². The maximum atomic E-state index is 13.3. The van der Waals surface area contributed by atoms with Crippen molar-refractivity contribution < 1.29 is 5.82 Å². The number of nitrogens with one attached hydrogen (secondary N) is 1. The second kappa shape index (κ2) is 3.56. The molecule has 0 spiro atoms. The van der Waals surface area contributed by atoms with Crippen LogP contribution in [0.3, 0.4) is 0 Å². The first kappa shape index (κ1) is 9.71. The fraction of sp³-hybridized carbons (Fsp3) is 0.300. The third kappa shape index (κ3) is 1.86. The summed E-state index contributed by atoms with van der Waals surface area (Å²) < 4.78 is 13.3. The maximum absolute atomic E-state index is 13.3. The van der Waals surface area contributed by atoms with Crippen molar-refractivity contribution in [1.29, 1.82) is 5.41 Å². The monoisotopic (exact) mass is 182 g/mol. The molecule has 0 aromatic heterocycles. The zero-order valence-corrected chi connectivity index (χ0v) is 7.76. The molecule has 2 nitrogen and oxygen atoms in total. The number of hydrogen-bond acceptors (Lipinski definition) is 2. The highest BCUT2D eigenvalue weighted by atomic mass is 19.1. The second-order valence-corrected chi connectivity index (χ2v) is 3.30. The predicted octanol–water partition coefficient (Wildman–Crippen LogP) is 2.77. The summed E-state index contributed by atoms with van der Waals surface area (Å²) >= 11 is 0. The Bertz CT molecular complexity index is 337. The van der Waals surface area contributed by atoms with Gasteiger partial charge in [0.05, 0.1) is 0 Å². The summed E-state index contributed by atoms with van der Waals surface area (Å²) in [5, 5.41) is 6.99. The zero-order valence-electron chi connectivity index (χ0n) is 7.76. The van der Waals surface area contributed by atoms with Crippen molar-refractivity contribution in [2.24, 2.45) is 0 Å². The standard InChI is InChI=1S/C10H13FN2.H2/c1-6(2)8-4-10(13)7(5-12)3-9(8)11;/h3-6,12H,13H2,1-2H3;1H. The predicted molar refractivity (Wildman–Crippen MR) is 54.9 cm³/mol. The molecule has 0 saturated carbocycles. The van der Waals surface area contributed by atoms with Crippen molar-refractivity contribution >= 4 is 11.9 Å². The van der Waals surface area contributed by atoms with Crippen LogP contribution in [0.1, 0.15) is 32.3 Å². The molecule has 0 aliphatic rings. The molecule has 1 aromatic rings. The first-order valence-electron chi connectivity index (χ1n) is 4.15. The number of nitrogens with two attached hydrogens (primary N) is 1. The van der Waals surface area contributed by atoms with Gasteiger partial charge in [-0.25, -0.2) is 4.39 Å². The Morgan fingerprint density at radius 3 is 2.62 bits per heavy atom. The highest BCUT2D eigenvalue weighted by Crippen LogP contribution is 2.23. The topological polar surface area (TPSA) is 49.9 Å². The molecule has 0 aliphatic heterocycles. The molecule has 72 valence electrons. The van der Waals surface area contributed by atoms with E-state index in [1.165, 1.54) is 6.07 Å². The molecule has 13 heavy (non-hydrogen) atoms. The van der Waals surface area contributed by atoms with Crippen molar-refractivity contribution in [3.63, 3.8) is 0 Å². The van der Waals surface area contributed by atoms with Crippen molar-refractivity contribution in [1.82, 2.24) is 0 Å². The van der Waals surface area contributed by atoms with Gasteiger partial charge in [-0.15, -0.1) is 0 Å². The lowest BCUT2D eigenvalue weighted by atomic mass is 10.00. The van der Waals surface area contributed by atoms with E-state index < -0.39 is 0 Å². The molecule has 0 unspecified atom stereocenters. The van der Waals surface area contributed by atoms with Gasteiger partial charge in [-0.1, -0.05) is 13.8 Å². The Kier molecular flexibility index (Phi) is 2.66. The lowest BCUT2D eigenvalue weighted by molar-refractivity contribution is 0.598. The molecule has 0 saturated heterocycles. The number of hydrogen-bond donors (Lipinski definition) is 2. The third-order valence-corrected chi connectivity index (χ3v) is 1.98. The van der Waals surface area contributed by atoms with Crippen molar-refractivity contribution in [2.45, 2.75) is 19.8 Å². The van der Waals surface area contributed by atoms with Gasteiger partial charge in [-0.05, 0) is 23.6 Å². The fourth-order valence-electron chi connectivity index (χ4n) is 1.19. The van der Waals surface area contributed by atoms with Gasteiger partial charge >= 0.3 is 0 Å². The van der Waals surface area contributed by atoms with Crippen molar-refractivity contribution in [3.05, 3.63) is 29.1 Å². The van der Waals surface area contributed by atoms with E-state index in [1.54, 1.807) is 6.07 Å². The number of anilines is 1. The minimum Gasteiger partial charge on any atom is -0.398 e. The molecule has 1 aromatic carbocycles. The number of nitrogen functional groups attached to an aromatic ring is 1. The summed E-state index contributed by atoms with van der Waals surface area (Å²) in [5.74, 6) is -0.176. The Balaban J connectivity index is 0.00000169. The van der Waals surface area contributed by atoms with Crippen LogP contribution in [0.25, 0.3) is 0 Å². The average molecular weight is 182 g/mol. The third-order valence-electron chi connectivity index (χ3n) is 1.98. The lowest BCUT2D eigenvalue weighted by Gasteiger charge is -2.09. The molecule has 0 heterocycles. The van der Waals surface area contributed by atoms with Crippen LogP contribution in [0.2, 0.25) is 0 Å². The minimum absolute atomic E-state index is 0. The molecule has 1 rings (SSSR count). The van der Waals surface area contributed by atoms with Crippen LogP contribution in [-0.2, 0) is 0 Å². The van der Waals surface area contributed by atoms with Gasteiger partial charge in [-0.3, -0.25) is 0 Å². The second-order valence-electron chi connectivity index (χ2n) is 3.30. The van der Waals surface area contributed by atoms with Gasteiger partial charge in [0.1, 0.15) is 5.82 Å². The Hall–Kier alpha value is -1.38. The van der Waals surface area contributed by atoms with E-state index in [0.29, 0.717) is 16.8 Å². The van der Waals surface area contributed by atoms with Crippen LogP contribution < -0.4 is 5.73 Å². The van der Waals surface area contributed by atoms with Crippen LogP contribution in [0.15, 0.2) is 12.1 Å². The van der Waals surface area contributed by atoms with Gasteiger partial charge in [0.25, 0.3) is 0 Å². The minimum atomic E-state index is -0.289.